The third-order valence-electron chi connectivity index (χ3n) is 5.11. The number of hydrogen-bond donors (Lipinski definition) is 0. The van der Waals surface area contributed by atoms with E-state index in [1.807, 2.05) is 4.90 Å². The van der Waals surface area contributed by atoms with Gasteiger partial charge in [0.1, 0.15) is 6.04 Å². The van der Waals surface area contributed by atoms with Crippen molar-refractivity contribution >= 4 is 17.5 Å². The van der Waals surface area contributed by atoms with Crippen LogP contribution in [-0.2, 0) is 9.59 Å². The smallest absolute Gasteiger partial charge is 0.245 e. The number of piperazine rings is 1. The molecule has 6 nitrogen and oxygen atoms in total. The molecule has 0 N–H and O–H groups in total. The van der Waals surface area contributed by atoms with E-state index in [1.54, 1.807) is 24.1 Å². The summed E-state index contributed by atoms with van der Waals surface area (Å²) in [6, 6.07) is 4.47. The summed E-state index contributed by atoms with van der Waals surface area (Å²) >= 11 is 0. The summed E-state index contributed by atoms with van der Waals surface area (Å²) in [6.07, 6.45) is 2.03. The third kappa shape index (κ3) is 3.55. The molecular weight excluding hydrogens is 325 g/mol. The van der Waals surface area contributed by atoms with E-state index in [4.69, 9.17) is 4.74 Å². The van der Waals surface area contributed by atoms with Crippen LogP contribution in [0.2, 0.25) is 0 Å². The number of methoxy groups -OCH3 is 1. The highest BCUT2D eigenvalue weighted by molar-refractivity contribution is 5.88. The summed E-state index contributed by atoms with van der Waals surface area (Å²) in [4.78, 5) is 30.1. The maximum atomic E-state index is 13.6. The van der Waals surface area contributed by atoms with Crippen molar-refractivity contribution in [1.82, 2.24) is 9.80 Å². The Morgan fingerprint density at radius 1 is 1.24 bits per heavy atom. The molecular formula is C18H24FN3O3. The monoisotopic (exact) mass is 349 g/mol. The van der Waals surface area contributed by atoms with Crippen molar-refractivity contribution in [2.24, 2.45) is 0 Å². The van der Waals surface area contributed by atoms with Crippen molar-refractivity contribution < 1.29 is 18.7 Å². The fourth-order valence-electron chi connectivity index (χ4n) is 3.52. The SMILES string of the molecule is COc1cc(N2CCN(C(=O)C3CCCC(=O)N3C)CC2)ccc1F. The second-order valence-corrected chi connectivity index (χ2v) is 6.54. The van der Waals surface area contributed by atoms with Crippen LogP contribution in [0.3, 0.4) is 0 Å². The molecule has 3 rings (SSSR count). The zero-order chi connectivity index (χ0) is 18.0. The molecule has 0 bridgehead atoms. The number of likely N-dealkylation sites (tertiary alicyclic amines) is 1. The zero-order valence-electron chi connectivity index (χ0n) is 14.7. The van der Waals surface area contributed by atoms with Crippen LogP contribution in [0.4, 0.5) is 10.1 Å². The molecule has 25 heavy (non-hydrogen) atoms. The summed E-state index contributed by atoms with van der Waals surface area (Å²) in [5.74, 6) is -0.0862. The Bertz CT molecular complexity index is 659. The first-order valence-corrected chi connectivity index (χ1v) is 8.64. The van der Waals surface area contributed by atoms with Crippen LogP contribution in [0.1, 0.15) is 19.3 Å². The van der Waals surface area contributed by atoms with Gasteiger partial charge in [-0.2, -0.15) is 0 Å². The molecule has 7 heteroatoms. The van der Waals surface area contributed by atoms with Crippen molar-refractivity contribution in [3.05, 3.63) is 24.0 Å². The molecule has 0 spiro atoms. The molecule has 2 amide bonds. The van der Waals surface area contributed by atoms with Crippen LogP contribution in [0.5, 0.6) is 5.75 Å². The van der Waals surface area contributed by atoms with Gasteiger partial charge < -0.3 is 19.4 Å². The number of amides is 2. The van der Waals surface area contributed by atoms with Crippen LogP contribution in [0, 0.1) is 5.82 Å². The Balaban J connectivity index is 1.62. The Hall–Kier alpha value is -2.31. The number of rotatable bonds is 3. The molecule has 136 valence electrons. The van der Waals surface area contributed by atoms with Gasteiger partial charge in [0.15, 0.2) is 11.6 Å². The lowest BCUT2D eigenvalue weighted by Crippen LogP contribution is -2.56. The summed E-state index contributed by atoms with van der Waals surface area (Å²) < 4.78 is 18.6. The van der Waals surface area contributed by atoms with E-state index in [-0.39, 0.29) is 29.4 Å². The van der Waals surface area contributed by atoms with E-state index in [9.17, 15) is 14.0 Å². The molecule has 1 aromatic carbocycles. The number of carbonyl (C=O) groups excluding carboxylic acids is 2. The van der Waals surface area contributed by atoms with Gasteiger partial charge in [-0.05, 0) is 25.0 Å². The van der Waals surface area contributed by atoms with E-state index in [0.29, 0.717) is 32.6 Å². The predicted octanol–water partition coefficient (Wildman–Crippen LogP) is 1.49. The van der Waals surface area contributed by atoms with Gasteiger partial charge in [-0.25, -0.2) is 4.39 Å². The van der Waals surface area contributed by atoms with Gasteiger partial charge >= 0.3 is 0 Å². The van der Waals surface area contributed by atoms with Gasteiger partial charge in [0.05, 0.1) is 7.11 Å². The van der Waals surface area contributed by atoms with Gasteiger partial charge in [-0.15, -0.1) is 0 Å². The van der Waals surface area contributed by atoms with Crippen LogP contribution in [-0.4, -0.2) is 68.0 Å². The number of nitrogens with zero attached hydrogens (tertiary/aromatic N) is 3. The standard InChI is InChI=1S/C18H24FN3O3/c1-20-15(4-3-5-17(20)23)18(24)22-10-8-21(9-11-22)13-6-7-14(19)16(12-13)25-2/h6-7,12,15H,3-5,8-11H2,1-2H3. The average Bonchev–Trinajstić information content (AvgIpc) is 2.64. The number of hydrogen-bond acceptors (Lipinski definition) is 4. The highest BCUT2D eigenvalue weighted by Crippen LogP contribution is 2.26. The van der Waals surface area contributed by atoms with Crippen molar-refractivity contribution in [1.29, 1.82) is 0 Å². The number of anilines is 1. The fourth-order valence-corrected chi connectivity index (χ4v) is 3.52. The molecule has 0 radical (unpaired) electrons. The Labute approximate surface area is 147 Å². The van der Waals surface area contributed by atoms with E-state index in [2.05, 4.69) is 4.90 Å². The fraction of sp³-hybridized carbons (Fsp3) is 0.556. The van der Waals surface area contributed by atoms with Gasteiger partial charge in [-0.3, -0.25) is 9.59 Å². The summed E-state index contributed by atoms with van der Waals surface area (Å²) in [7, 11) is 3.16. The normalized spacial score (nSPS) is 21.5. The molecule has 2 aliphatic rings. The highest BCUT2D eigenvalue weighted by Gasteiger charge is 2.34. The number of halogens is 1. The van der Waals surface area contributed by atoms with Gasteiger partial charge in [0, 0.05) is 51.4 Å². The Kier molecular flexibility index (Phi) is 5.11. The molecule has 1 unspecified atom stereocenters. The third-order valence-corrected chi connectivity index (χ3v) is 5.11. The molecule has 1 atom stereocenters. The van der Waals surface area contributed by atoms with Crippen LogP contribution >= 0.6 is 0 Å². The quantitative estimate of drug-likeness (QED) is 0.830. The largest absolute Gasteiger partial charge is 0.494 e. The Morgan fingerprint density at radius 2 is 1.96 bits per heavy atom. The molecule has 2 saturated heterocycles. The van der Waals surface area contributed by atoms with Crippen molar-refractivity contribution in [2.45, 2.75) is 25.3 Å². The number of likely N-dealkylation sites (N-methyl/N-ethyl adjacent to an activating group) is 1. The Morgan fingerprint density at radius 3 is 2.64 bits per heavy atom. The predicted molar refractivity (Wildman–Crippen MR) is 92.2 cm³/mol. The minimum atomic E-state index is -0.384. The first-order valence-electron chi connectivity index (χ1n) is 8.64. The first kappa shape index (κ1) is 17.5. The number of ether oxygens (including phenoxy) is 1. The van der Waals surface area contributed by atoms with E-state index < -0.39 is 0 Å². The summed E-state index contributed by atoms with van der Waals surface area (Å²) in [5.41, 5.74) is 0.885. The van der Waals surface area contributed by atoms with Gasteiger partial charge in [-0.1, -0.05) is 0 Å². The second-order valence-electron chi connectivity index (χ2n) is 6.54. The van der Waals surface area contributed by atoms with Crippen molar-refractivity contribution in [2.75, 3.05) is 45.2 Å². The molecule has 0 saturated carbocycles. The van der Waals surface area contributed by atoms with E-state index in [1.165, 1.54) is 13.2 Å². The average molecular weight is 349 g/mol. The van der Waals surface area contributed by atoms with Crippen LogP contribution in [0.15, 0.2) is 18.2 Å². The number of benzene rings is 1. The molecule has 2 aliphatic heterocycles. The van der Waals surface area contributed by atoms with Crippen LogP contribution < -0.4 is 9.64 Å². The second kappa shape index (κ2) is 7.29. The lowest BCUT2D eigenvalue weighted by Gasteiger charge is -2.40. The molecule has 0 aromatic heterocycles. The topological polar surface area (TPSA) is 53.1 Å². The van der Waals surface area contributed by atoms with Crippen molar-refractivity contribution in [3.63, 3.8) is 0 Å². The van der Waals surface area contributed by atoms with Gasteiger partial charge in [0.2, 0.25) is 11.8 Å². The maximum Gasteiger partial charge on any atom is 0.245 e. The van der Waals surface area contributed by atoms with E-state index in [0.717, 1.165) is 18.5 Å². The van der Waals surface area contributed by atoms with Crippen molar-refractivity contribution in [3.8, 4) is 5.75 Å². The molecule has 1 aromatic rings. The number of carbonyl (C=O) groups is 2. The van der Waals surface area contributed by atoms with Crippen LogP contribution in [0.25, 0.3) is 0 Å². The zero-order valence-corrected chi connectivity index (χ0v) is 14.7. The summed E-state index contributed by atoms with van der Waals surface area (Å²) in [5, 5.41) is 0. The van der Waals surface area contributed by atoms with E-state index >= 15 is 0 Å². The summed E-state index contributed by atoms with van der Waals surface area (Å²) in [6.45, 7) is 2.53. The molecule has 2 fully saturated rings. The maximum absolute atomic E-state index is 13.6. The molecule has 0 aliphatic carbocycles. The minimum absolute atomic E-state index is 0.0342. The lowest BCUT2D eigenvalue weighted by atomic mass is 10.0. The number of piperidine rings is 1. The minimum Gasteiger partial charge on any atom is -0.494 e. The highest BCUT2D eigenvalue weighted by atomic mass is 19.1. The first-order chi connectivity index (χ1) is 12.0. The van der Waals surface area contributed by atoms with Gasteiger partial charge in [0.25, 0.3) is 0 Å². The molecule has 2 heterocycles. The lowest BCUT2D eigenvalue weighted by molar-refractivity contribution is -0.147.